The number of fused-ring (bicyclic) bond motifs is 1. The number of hydrogen-bond acceptors (Lipinski definition) is 2. The first-order chi connectivity index (χ1) is 7.15. The Morgan fingerprint density at radius 1 is 1.53 bits per heavy atom. The molecule has 0 aliphatic carbocycles. The average Bonchev–Trinajstić information content (AvgIpc) is 2.44. The van der Waals surface area contributed by atoms with Gasteiger partial charge >= 0.3 is 0 Å². The number of isothiocyanates is 1. The molecule has 0 aliphatic heterocycles. The van der Waals surface area contributed by atoms with Crippen LogP contribution in [0.15, 0.2) is 23.2 Å². The molecular weight excluding hydrogens is 215 g/mol. The number of benzene rings is 1. The number of nitrogens with zero attached hydrogens (tertiary/aromatic N) is 2. The fraction of sp³-hybridized carbons (Fsp3) is 0.100. The molecule has 0 fully saturated rings. The Labute approximate surface area is 90.5 Å². The third-order valence-electron chi connectivity index (χ3n) is 2.24. The summed E-state index contributed by atoms with van der Waals surface area (Å²) >= 11 is 4.44. The maximum Gasteiger partial charge on any atom is 0.278 e. The van der Waals surface area contributed by atoms with Crippen molar-refractivity contribution in [3.05, 3.63) is 24.0 Å². The number of aliphatic imine (C=N–C) groups is 1. The first-order valence-corrected chi connectivity index (χ1v) is 4.59. The number of hydrogen-bond donors (Lipinski definition) is 0. The van der Waals surface area contributed by atoms with Gasteiger partial charge < -0.3 is 4.57 Å². The van der Waals surface area contributed by atoms with Gasteiger partial charge in [-0.1, -0.05) is 0 Å². The number of aryl methyl sites for hydroxylation is 1. The highest BCUT2D eigenvalue weighted by atomic mass is 32.1. The Bertz CT molecular complexity index is 585. The topological polar surface area (TPSA) is 37.2 Å². The molecule has 1 aromatic carbocycles. The van der Waals surface area contributed by atoms with Crippen molar-refractivity contribution in [2.24, 2.45) is 12.0 Å². The van der Waals surface area contributed by atoms with E-state index in [2.05, 4.69) is 22.4 Å². The Morgan fingerprint density at radius 2 is 2.27 bits per heavy atom. The van der Waals surface area contributed by atoms with E-state index < -0.39 is 5.82 Å². The molecule has 5 heteroatoms. The Morgan fingerprint density at radius 3 is 2.93 bits per heavy atom. The monoisotopic (exact) mass is 221 g/mol. The van der Waals surface area contributed by atoms with E-state index in [4.69, 9.17) is 0 Å². The van der Waals surface area contributed by atoms with Crippen LogP contribution in [0.25, 0.3) is 10.9 Å². The molecule has 2 aromatic rings. The lowest BCUT2D eigenvalue weighted by atomic mass is 10.2. The van der Waals surface area contributed by atoms with Crippen LogP contribution in [-0.2, 0) is 12.2 Å². The summed E-state index contributed by atoms with van der Waals surface area (Å²) in [5.41, 5.74) is 0.771. The van der Waals surface area contributed by atoms with Gasteiger partial charge in [0.05, 0.1) is 10.7 Å². The number of rotatable bonds is 1. The van der Waals surface area contributed by atoms with Crippen LogP contribution in [0.5, 0.6) is 5.88 Å². The van der Waals surface area contributed by atoms with Gasteiger partial charge in [-0.25, -0.2) is 4.39 Å². The maximum atomic E-state index is 13.0. The van der Waals surface area contributed by atoms with Crippen molar-refractivity contribution < 1.29 is 9.50 Å². The molecule has 1 aromatic heterocycles. The molecular formula is C10H6FN2OS. The molecule has 2 rings (SSSR count). The van der Waals surface area contributed by atoms with Crippen molar-refractivity contribution in [1.82, 2.24) is 4.57 Å². The van der Waals surface area contributed by atoms with E-state index in [1.54, 1.807) is 7.05 Å². The smallest absolute Gasteiger partial charge is 0.278 e. The van der Waals surface area contributed by atoms with Gasteiger partial charge in [-0.15, -0.1) is 0 Å². The highest BCUT2D eigenvalue weighted by Crippen LogP contribution is 2.38. The summed E-state index contributed by atoms with van der Waals surface area (Å²) in [7, 11) is 1.60. The molecule has 0 bridgehead atoms. The SMILES string of the molecule is Cn1c([O])c(N=C=S)c2cc(F)ccc21. The highest BCUT2D eigenvalue weighted by Gasteiger charge is 2.15. The van der Waals surface area contributed by atoms with Crippen molar-refractivity contribution >= 4 is 34.0 Å². The van der Waals surface area contributed by atoms with Crippen molar-refractivity contribution in [3.63, 3.8) is 0 Å². The second-order valence-corrected chi connectivity index (χ2v) is 3.26. The predicted molar refractivity (Wildman–Crippen MR) is 57.7 cm³/mol. The standard InChI is InChI=1S/C10H6FN2OS/c1-13-8-3-2-6(11)4-7(8)9(10(13)14)12-5-15/h2-4H,1H3. The first-order valence-electron chi connectivity index (χ1n) is 4.18. The van der Waals surface area contributed by atoms with Crippen LogP contribution in [0.1, 0.15) is 0 Å². The summed E-state index contributed by atoms with van der Waals surface area (Å²) in [5, 5.41) is 14.2. The molecule has 0 spiro atoms. The number of aromatic nitrogens is 1. The van der Waals surface area contributed by atoms with Crippen molar-refractivity contribution in [3.8, 4) is 5.88 Å². The molecule has 0 unspecified atom stereocenters. The van der Waals surface area contributed by atoms with E-state index in [1.165, 1.54) is 22.8 Å². The Kier molecular flexibility index (Phi) is 2.26. The first kappa shape index (κ1) is 9.83. The molecule has 15 heavy (non-hydrogen) atoms. The average molecular weight is 221 g/mol. The van der Waals surface area contributed by atoms with Gasteiger partial charge in [0.2, 0.25) is 0 Å². The van der Waals surface area contributed by atoms with E-state index in [0.29, 0.717) is 10.9 Å². The van der Waals surface area contributed by atoms with E-state index in [9.17, 15) is 9.50 Å². The van der Waals surface area contributed by atoms with Gasteiger partial charge in [0.25, 0.3) is 5.88 Å². The molecule has 0 saturated heterocycles. The molecule has 0 N–H and O–H groups in total. The second kappa shape index (κ2) is 3.46. The van der Waals surface area contributed by atoms with Crippen LogP contribution in [0.2, 0.25) is 0 Å². The van der Waals surface area contributed by atoms with Gasteiger partial charge in [0.15, 0.2) is 0 Å². The minimum atomic E-state index is -0.408. The molecule has 75 valence electrons. The summed E-state index contributed by atoms with van der Waals surface area (Å²) < 4.78 is 14.4. The van der Waals surface area contributed by atoms with Gasteiger partial charge in [-0.05, 0) is 30.4 Å². The summed E-state index contributed by atoms with van der Waals surface area (Å²) in [6.07, 6.45) is 0. The largest absolute Gasteiger partial charge is 0.309 e. The molecule has 0 amide bonds. The van der Waals surface area contributed by atoms with Crippen molar-refractivity contribution in [2.45, 2.75) is 0 Å². The molecule has 0 saturated carbocycles. The van der Waals surface area contributed by atoms with Crippen LogP contribution in [0, 0.1) is 5.82 Å². The van der Waals surface area contributed by atoms with E-state index in [1.807, 2.05) is 0 Å². The third-order valence-corrected chi connectivity index (χ3v) is 2.33. The fourth-order valence-electron chi connectivity index (χ4n) is 1.53. The van der Waals surface area contributed by atoms with Crippen LogP contribution in [0.3, 0.4) is 0 Å². The van der Waals surface area contributed by atoms with Gasteiger partial charge in [0.1, 0.15) is 11.5 Å². The lowest BCUT2D eigenvalue weighted by Crippen LogP contribution is -1.84. The molecule has 0 aliphatic rings. The second-order valence-electron chi connectivity index (χ2n) is 3.08. The fourth-order valence-corrected chi connectivity index (χ4v) is 1.62. The van der Waals surface area contributed by atoms with Crippen LogP contribution < -0.4 is 0 Å². The summed E-state index contributed by atoms with van der Waals surface area (Å²) in [4.78, 5) is 3.66. The molecule has 1 radical (unpaired) electrons. The highest BCUT2D eigenvalue weighted by molar-refractivity contribution is 7.78. The Hall–Kier alpha value is -1.71. The molecule has 0 atom stereocenters. The maximum absolute atomic E-state index is 13.0. The van der Waals surface area contributed by atoms with Crippen LogP contribution in [0.4, 0.5) is 10.1 Å². The van der Waals surface area contributed by atoms with E-state index in [-0.39, 0.29) is 11.6 Å². The number of thiocarbonyl (C=S) groups is 1. The zero-order valence-corrected chi connectivity index (χ0v) is 8.64. The van der Waals surface area contributed by atoms with Gasteiger partial charge in [-0.2, -0.15) is 4.99 Å². The minimum absolute atomic E-state index is 0.141. The summed E-state index contributed by atoms with van der Waals surface area (Å²) in [5.74, 6) is -0.707. The third kappa shape index (κ3) is 1.42. The normalized spacial score (nSPS) is 10.3. The predicted octanol–water partition coefficient (Wildman–Crippen LogP) is 3.20. The van der Waals surface area contributed by atoms with Gasteiger partial charge in [0, 0.05) is 12.4 Å². The zero-order chi connectivity index (χ0) is 11.0. The van der Waals surface area contributed by atoms with Crippen molar-refractivity contribution in [1.29, 1.82) is 0 Å². The van der Waals surface area contributed by atoms with Crippen LogP contribution >= 0.6 is 12.2 Å². The van der Waals surface area contributed by atoms with E-state index in [0.717, 1.165) is 0 Å². The lowest BCUT2D eigenvalue weighted by molar-refractivity contribution is 0.326. The quantitative estimate of drug-likeness (QED) is 0.538. The summed E-state index contributed by atoms with van der Waals surface area (Å²) in [6.45, 7) is 0. The Balaban J connectivity index is 2.94. The zero-order valence-electron chi connectivity index (χ0n) is 7.82. The minimum Gasteiger partial charge on any atom is -0.309 e. The summed E-state index contributed by atoms with van der Waals surface area (Å²) in [6, 6.07) is 4.10. The van der Waals surface area contributed by atoms with Crippen molar-refractivity contribution in [2.75, 3.05) is 0 Å². The van der Waals surface area contributed by atoms with E-state index >= 15 is 0 Å². The van der Waals surface area contributed by atoms with Crippen LogP contribution in [-0.4, -0.2) is 9.73 Å². The number of halogens is 1. The lowest BCUT2D eigenvalue weighted by Gasteiger charge is -1.94. The molecule has 1 heterocycles. The van der Waals surface area contributed by atoms with Gasteiger partial charge in [-0.3, -0.25) is 5.11 Å². The molecule has 3 nitrogen and oxygen atoms in total.